The Balaban J connectivity index is 1.88. The van der Waals surface area contributed by atoms with E-state index in [9.17, 15) is 9.59 Å². The molecule has 5 nitrogen and oxygen atoms in total. The van der Waals surface area contributed by atoms with Crippen LogP contribution in [0.3, 0.4) is 0 Å². The van der Waals surface area contributed by atoms with Gasteiger partial charge in [0.15, 0.2) is 0 Å². The number of nitrogens with zero attached hydrogens (tertiary/aromatic N) is 1. The fraction of sp³-hybridized carbons (Fsp3) is 0.235. The second kappa shape index (κ2) is 8.24. The highest BCUT2D eigenvalue weighted by atomic mass is 32.1. The molecule has 0 aliphatic heterocycles. The van der Waals surface area contributed by atoms with E-state index in [0.717, 1.165) is 4.88 Å². The summed E-state index contributed by atoms with van der Waals surface area (Å²) in [6.07, 6.45) is 2.07. The molecule has 23 heavy (non-hydrogen) atoms. The molecular weight excluding hydrogens is 310 g/mol. The van der Waals surface area contributed by atoms with Crippen LogP contribution < -0.4 is 10.7 Å². The lowest BCUT2D eigenvalue weighted by Crippen LogP contribution is -2.18. The molecule has 0 aliphatic rings. The highest BCUT2D eigenvalue weighted by Gasteiger charge is 2.07. The summed E-state index contributed by atoms with van der Waals surface area (Å²) in [5.41, 5.74) is 3.63. The summed E-state index contributed by atoms with van der Waals surface area (Å²) in [7, 11) is 0. The van der Waals surface area contributed by atoms with Crippen molar-refractivity contribution in [2.75, 3.05) is 5.32 Å². The molecule has 2 aromatic rings. The Morgan fingerprint density at radius 3 is 2.57 bits per heavy atom. The molecule has 0 bridgehead atoms. The van der Waals surface area contributed by atoms with E-state index in [1.807, 2.05) is 31.4 Å². The molecule has 0 fully saturated rings. The number of hydrogen-bond acceptors (Lipinski definition) is 4. The van der Waals surface area contributed by atoms with Crippen molar-refractivity contribution in [3.63, 3.8) is 0 Å². The summed E-state index contributed by atoms with van der Waals surface area (Å²) in [6.45, 7) is 3.98. The largest absolute Gasteiger partial charge is 0.326 e. The Kier molecular flexibility index (Phi) is 6.05. The maximum atomic E-state index is 11.9. The summed E-state index contributed by atoms with van der Waals surface area (Å²) in [5, 5.41) is 8.65. The predicted molar refractivity (Wildman–Crippen MR) is 93.9 cm³/mol. The van der Waals surface area contributed by atoms with Gasteiger partial charge in [0.05, 0.1) is 6.21 Å². The van der Waals surface area contributed by atoms with E-state index in [1.54, 1.807) is 41.8 Å². The number of rotatable bonds is 6. The fourth-order valence-corrected chi connectivity index (χ4v) is 2.46. The highest BCUT2D eigenvalue weighted by Crippen LogP contribution is 2.11. The van der Waals surface area contributed by atoms with E-state index in [-0.39, 0.29) is 11.8 Å². The lowest BCUT2D eigenvalue weighted by atomic mass is 10.1. The second-order valence-electron chi connectivity index (χ2n) is 5.44. The SMILES string of the molecule is CC(C)CC(=O)Nc1ccc(C(=O)N/N=C/c2cccs2)cc1. The molecule has 2 N–H and O–H groups in total. The second-order valence-corrected chi connectivity index (χ2v) is 6.42. The van der Waals surface area contributed by atoms with Crippen molar-refractivity contribution in [2.24, 2.45) is 11.0 Å². The molecule has 0 saturated carbocycles. The van der Waals surface area contributed by atoms with Crippen molar-refractivity contribution in [2.45, 2.75) is 20.3 Å². The topological polar surface area (TPSA) is 70.6 Å². The first kappa shape index (κ1) is 16.9. The van der Waals surface area contributed by atoms with Gasteiger partial charge in [0.1, 0.15) is 0 Å². The minimum absolute atomic E-state index is 0.0299. The molecule has 2 amide bonds. The quantitative estimate of drug-likeness (QED) is 0.629. The van der Waals surface area contributed by atoms with Gasteiger partial charge in [-0.25, -0.2) is 5.43 Å². The third kappa shape index (κ3) is 5.67. The van der Waals surface area contributed by atoms with Crippen LogP contribution in [-0.4, -0.2) is 18.0 Å². The number of benzene rings is 1. The number of hydrogen-bond donors (Lipinski definition) is 2. The molecule has 0 atom stereocenters. The van der Waals surface area contributed by atoms with E-state index in [4.69, 9.17) is 0 Å². The smallest absolute Gasteiger partial charge is 0.271 e. The zero-order valence-corrected chi connectivity index (χ0v) is 13.9. The molecule has 6 heteroatoms. The minimum Gasteiger partial charge on any atom is -0.326 e. The molecule has 120 valence electrons. The van der Waals surface area contributed by atoms with Gasteiger partial charge in [-0.15, -0.1) is 11.3 Å². The van der Waals surface area contributed by atoms with Gasteiger partial charge in [0.2, 0.25) is 5.91 Å². The van der Waals surface area contributed by atoms with Crippen LogP contribution >= 0.6 is 11.3 Å². The molecule has 1 aromatic carbocycles. The Labute approximate surface area is 139 Å². The van der Waals surface area contributed by atoms with Crippen LogP contribution in [0.2, 0.25) is 0 Å². The number of thiophene rings is 1. The summed E-state index contributed by atoms with van der Waals surface area (Å²) in [5.74, 6) is -0.0168. The van der Waals surface area contributed by atoms with Crippen LogP contribution in [0.5, 0.6) is 0 Å². The average molecular weight is 329 g/mol. The third-order valence-electron chi connectivity index (χ3n) is 2.93. The zero-order valence-electron chi connectivity index (χ0n) is 13.1. The average Bonchev–Trinajstić information content (AvgIpc) is 3.00. The molecule has 0 unspecified atom stereocenters. The predicted octanol–water partition coefficient (Wildman–Crippen LogP) is 3.50. The van der Waals surface area contributed by atoms with Gasteiger partial charge in [-0.05, 0) is 41.6 Å². The first-order valence-electron chi connectivity index (χ1n) is 7.31. The van der Waals surface area contributed by atoms with Crippen molar-refractivity contribution >= 4 is 35.1 Å². The van der Waals surface area contributed by atoms with Crippen LogP contribution in [0.15, 0.2) is 46.9 Å². The van der Waals surface area contributed by atoms with Crippen LogP contribution in [0, 0.1) is 5.92 Å². The first-order chi connectivity index (χ1) is 11.0. The molecule has 0 saturated heterocycles. The lowest BCUT2D eigenvalue weighted by Gasteiger charge is -2.07. The van der Waals surface area contributed by atoms with E-state index >= 15 is 0 Å². The van der Waals surface area contributed by atoms with Crippen molar-refractivity contribution in [1.29, 1.82) is 0 Å². The van der Waals surface area contributed by atoms with Crippen molar-refractivity contribution in [1.82, 2.24) is 5.43 Å². The zero-order chi connectivity index (χ0) is 16.7. The van der Waals surface area contributed by atoms with Gasteiger partial charge >= 0.3 is 0 Å². The number of nitrogens with one attached hydrogen (secondary N) is 2. The number of hydrazone groups is 1. The summed E-state index contributed by atoms with van der Waals surface area (Å²) >= 11 is 1.54. The molecule has 0 aliphatic carbocycles. The number of carbonyl (C=O) groups excluding carboxylic acids is 2. The van der Waals surface area contributed by atoms with Gasteiger partial charge in [-0.1, -0.05) is 19.9 Å². The summed E-state index contributed by atoms with van der Waals surface area (Å²) in [6, 6.07) is 10.5. The minimum atomic E-state index is -0.294. The maximum Gasteiger partial charge on any atom is 0.271 e. The van der Waals surface area contributed by atoms with E-state index in [0.29, 0.717) is 23.6 Å². The van der Waals surface area contributed by atoms with Gasteiger partial charge in [0.25, 0.3) is 5.91 Å². The van der Waals surface area contributed by atoms with E-state index in [1.165, 1.54) is 0 Å². The standard InChI is InChI=1S/C17H19N3O2S/c1-12(2)10-16(21)19-14-7-5-13(6-8-14)17(22)20-18-11-15-4-3-9-23-15/h3-9,11-12H,10H2,1-2H3,(H,19,21)(H,20,22)/b18-11+. The fourth-order valence-electron chi connectivity index (χ4n) is 1.87. The highest BCUT2D eigenvalue weighted by molar-refractivity contribution is 7.11. The first-order valence-corrected chi connectivity index (χ1v) is 8.19. The van der Waals surface area contributed by atoms with Gasteiger partial charge in [0, 0.05) is 22.5 Å². The summed E-state index contributed by atoms with van der Waals surface area (Å²) in [4.78, 5) is 24.6. The molecular formula is C17H19N3O2S. The van der Waals surface area contributed by atoms with Crippen LogP contribution in [0.25, 0.3) is 0 Å². The van der Waals surface area contributed by atoms with Crippen LogP contribution in [0.4, 0.5) is 5.69 Å². The number of carbonyl (C=O) groups is 2. The molecule has 1 heterocycles. The third-order valence-corrected chi connectivity index (χ3v) is 3.73. The Morgan fingerprint density at radius 1 is 1.22 bits per heavy atom. The van der Waals surface area contributed by atoms with Crippen LogP contribution in [0.1, 0.15) is 35.5 Å². The number of amides is 2. The number of anilines is 1. The van der Waals surface area contributed by atoms with Gasteiger partial charge in [-0.3, -0.25) is 9.59 Å². The monoisotopic (exact) mass is 329 g/mol. The summed E-state index contributed by atoms with van der Waals surface area (Å²) < 4.78 is 0. The van der Waals surface area contributed by atoms with Gasteiger partial charge < -0.3 is 5.32 Å². The van der Waals surface area contributed by atoms with Crippen LogP contribution in [-0.2, 0) is 4.79 Å². The Bertz CT molecular complexity index is 676. The normalized spacial score (nSPS) is 10.9. The van der Waals surface area contributed by atoms with Crippen molar-refractivity contribution in [3.05, 3.63) is 52.2 Å². The molecule has 1 aromatic heterocycles. The van der Waals surface area contributed by atoms with Crippen molar-refractivity contribution in [3.8, 4) is 0 Å². The Morgan fingerprint density at radius 2 is 1.96 bits per heavy atom. The van der Waals surface area contributed by atoms with Gasteiger partial charge in [-0.2, -0.15) is 5.10 Å². The lowest BCUT2D eigenvalue weighted by molar-refractivity contribution is -0.116. The van der Waals surface area contributed by atoms with Crippen molar-refractivity contribution < 1.29 is 9.59 Å². The molecule has 0 radical (unpaired) electrons. The maximum absolute atomic E-state index is 11.9. The van der Waals surface area contributed by atoms with E-state index in [2.05, 4.69) is 15.8 Å². The Hall–Kier alpha value is -2.47. The van der Waals surface area contributed by atoms with E-state index < -0.39 is 0 Å². The molecule has 2 rings (SSSR count). The molecule has 0 spiro atoms.